The van der Waals surface area contributed by atoms with Gasteiger partial charge >= 0.3 is 0 Å². The first kappa shape index (κ1) is 17.8. The lowest BCUT2D eigenvalue weighted by Gasteiger charge is -2.25. The van der Waals surface area contributed by atoms with Crippen molar-refractivity contribution in [3.63, 3.8) is 0 Å². The molecule has 0 aromatic carbocycles. The quantitative estimate of drug-likeness (QED) is 0.877. The third-order valence-electron chi connectivity index (χ3n) is 5.47. The van der Waals surface area contributed by atoms with E-state index in [0.29, 0.717) is 5.92 Å². The second-order valence-corrected chi connectivity index (χ2v) is 8.23. The number of hydrogen-bond acceptors (Lipinski definition) is 4. The van der Waals surface area contributed by atoms with Crippen LogP contribution in [0.25, 0.3) is 0 Å². The van der Waals surface area contributed by atoms with E-state index in [9.17, 15) is 4.79 Å². The smallest absolute Gasteiger partial charge is 0.226 e. The van der Waals surface area contributed by atoms with Crippen molar-refractivity contribution in [2.45, 2.75) is 32.5 Å². The molecular formula is C20H27N3O2S. The lowest BCUT2D eigenvalue weighted by molar-refractivity contribution is -0.126. The maximum absolute atomic E-state index is 12.9. The van der Waals surface area contributed by atoms with E-state index < -0.39 is 0 Å². The normalized spacial score (nSPS) is 21.9. The van der Waals surface area contributed by atoms with Crippen molar-refractivity contribution in [3.8, 4) is 0 Å². The second kappa shape index (κ2) is 8.37. The first-order chi connectivity index (χ1) is 12.8. The molecule has 26 heavy (non-hydrogen) atoms. The monoisotopic (exact) mass is 373 g/mol. The van der Waals surface area contributed by atoms with Gasteiger partial charge in [-0.05, 0) is 53.3 Å². The van der Waals surface area contributed by atoms with Gasteiger partial charge in [-0.1, -0.05) is 0 Å². The Kier molecular flexibility index (Phi) is 5.72. The highest BCUT2D eigenvalue weighted by Crippen LogP contribution is 2.21. The van der Waals surface area contributed by atoms with Crippen molar-refractivity contribution < 1.29 is 9.53 Å². The molecule has 1 saturated heterocycles. The van der Waals surface area contributed by atoms with Gasteiger partial charge in [-0.2, -0.15) is 11.3 Å². The zero-order chi connectivity index (χ0) is 17.8. The summed E-state index contributed by atoms with van der Waals surface area (Å²) in [6.07, 6.45) is 4.20. The Hall–Kier alpha value is -1.63. The standard InChI is InChI=1S/C20H27N3O2S/c24-20(21-10-16-3-7-25-8-4-16)18-12-22(11-17-5-9-26-15-17)14-19-2-1-6-23(19)13-18/h1-2,5-6,9,15-16,18H,3-4,7-8,10-14H2,(H,21,24). The highest BCUT2D eigenvalue weighted by Gasteiger charge is 2.27. The van der Waals surface area contributed by atoms with Crippen molar-refractivity contribution in [2.75, 3.05) is 26.3 Å². The van der Waals surface area contributed by atoms with Gasteiger partial charge in [-0.3, -0.25) is 9.69 Å². The molecule has 1 amide bonds. The van der Waals surface area contributed by atoms with Gasteiger partial charge in [0.2, 0.25) is 5.91 Å². The number of carbonyl (C=O) groups is 1. The molecule has 0 spiro atoms. The first-order valence-corrected chi connectivity index (χ1v) is 10.4. The zero-order valence-electron chi connectivity index (χ0n) is 15.1. The van der Waals surface area contributed by atoms with Crippen LogP contribution in [-0.2, 0) is 29.2 Å². The van der Waals surface area contributed by atoms with E-state index in [4.69, 9.17) is 4.74 Å². The summed E-state index contributed by atoms with van der Waals surface area (Å²) in [7, 11) is 0. The predicted molar refractivity (Wildman–Crippen MR) is 103 cm³/mol. The number of rotatable bonds is 5. The summed E-state index contributed by atoms with van der Waals surface area (Å²) in [4.78, 5) is 15.3. The van der Waals surface area contributed by atoms with E-state index in [1.807, 2.05) is 0 Å². The lowest BCUT2D eigenvalue weighted by atomic mass is 10.00. The maximum atomic E-state index is 12.9. The summed E-state index contributed by atoms with van der Waals surface area (Å²) >= 11 is 1.73. The molecule has 0 aliphatic carbocycles. The van der Waals surface area contributed by atoms with Gasteiger partial charge in [-0.15, -0.1) is 0 Å². The Morgan fingerprint density at radius 3 is 2.96 bits per heavy atom. The van der Waals surface area contributed by atoms with Gasteiger partial charge in [0.05, 0.1) is 5.92 Å². The molecule has 1 N–H and O–H groups in total. The lowest BCUT2D eigenvalue weighted by Crippen LogP contribution is -2.41. The molecule has 2 aliphatic rings. The molecule has 6 heteroatoms. The third kappa shape index (κ3) is 4.37. The number of nitrogens with one attached hydrogen (secondary N) is 1. The molecule has 2 aromatic rings. The van der Waals surface area contributed by atoms with Crippen molar-refractivity contribution in [3.05, 3.63) is 46.4 Å². The Bertz CT molecular complexity index is 706. The summed E-state index contributed by atoms with van der Waals surface area (Å²) in [5.74, 6) is 0.734. The molecule has 1 fully saturated rings. The Balaban J connectivity index is 1.41. The Morgan fingerprint density at radius 1 is 1.27 bits per heavy atom. The fourth-order valence-corrected chi connectivity index (χ4v) is 4.60. The maximum Gasteiger partial charge on any atom is 0.226 e. The van der Waals surface area contributed by atoms with Crippen LogP contribution >= 0.6 is 11.3 Å². The zero-order valence-corrected chi connectivity index (χ0v) is 15.9. The largest absolute Gasteiger partial charge is 0.381 e. The summed E-state index contributed by atoms with van der Waals surface area (Å²) in [6, 6.07) is 6.43. The van der Waals surface area contributed by atoms with E-state index in [-0.39, 0.29) is 11.8 Å². The average Bonchev–Trinajstić information content (AvgIpc) is 3.29. The van der Waals surface area contributed by atoms with E-state index in [1.165, 1.54) is 11.3 Å². The average molecular weight is 374 g/mol. The van der Waals surface area contributed by atoms with E-state index in [2.05, 4.69) is 49.9 Å². The summed E-state index contributed by atoms with van der Waals surface area (Å²) < 4.78 is 7.65. The van der Waals surface area contributed by atoms with Gasteiger partial charge in [0.15, 0.2) is 0 Å². The van der Waals surface area contributed by atoms with Crippen LogP contribution in [0, 0.1) is 11.8 Å². The van der Waals surface area contributed by atoms with Crippen molar-refractivity contribution >= 4 is 17.2 Å². The molecule has 1 unspecified atom stereocenters. The number of nitrogens with zero attached hydrogens (tertiary/aromatic N) is 2. The number of hydrogen-bond donors (Lipinski definition) is 1. The van der Waals surface area contributed by atoms with E-state index in [1.54, 1.807) is 11.3 Å². The number of carbonyl (C=O) groups excluding carboxylic acids is 1. The van der Waals surface area contributed by atoms with Crippen molar-refractivity contribution in [1.29, 1.82) is 0 Å². The SMILES string of the molecule is O=C(NCC1CCOCC1)C1CN(Cc2ccsc2)Cc2cccn2C1. The molecule has 0 bridgehead atoms. The van der Waals surface area contributed by atoms with Crippen molar-refractivity contribution in [2.24, 2.45) is 11.8 Å². The summed E-state index contributed by atoms with van der Waals surface area (Å²) in [6.45, 7) is 5.79. The number of aromatic nitrogens is 1. The molecule has 4 rings (SSSR count). The number of fused-ring (bicyclic) bond motifs is 1. The van der Waals surface area contributed by atoms with Gasteiger partial charge in [0.25, 0.3) is 0 Å². The van der Waals surface area contributed by atoms with Crippen LogP contribution in [0.3, 0.4) is 0 Å². The molecular weight excluding hydrogens is 346 g/mol. The predicted octanol–water partition coefficient (Wildman–Crippen LogP) is 2.72. The van der Waals surface area contributed by atoms with Gasteiger partial charge < -0.3 is 14.6 Å². The van der Waals surface area contributed by atoms with Gasteiger partial charge in [-0.25, -0.2) is 0 Å². The molecule has 5 nitrogen and oxygen atoms in total. The van der Waals surface area contributed by atoms with Crippen LogP contribution in [0.15, 0.2) is 35.2 Å². The Morgan fingerprint density at radius 2 is 2.15 bits per heavy atom. The molecule has 2 aliphatic heterocycles. The fraction of sp³-hybridized carbons (Fsp3) is 0.550. The van der Waals surface area contributed by atoms with Crippen LogP contribution in [0.4, 0.5) is 0 Å². The van der Waals surface area contributed by atoms with Crippen LogP contribution in [0.1, 0.15) is 24.1 Å². The minimum atomic E-state index is -0.0119. The molecule has 1 atom stereocenters. The molecule has 0 radical (unpaired) electrons. The molecule has 0 saturated carbocycles. The Labute approximate surface area is 159 Å². The third-order valence-corrected chi connectivity index (χ3v) is 6.20. The minimum absolute atomic E-state index is 0.0119. The summed E-state index contributed by atoms with van der Waals surface area (Å²) in [5, 5.41) is 7.54. The summed E-state index contributed by atoms with van der Waals surface area (Å²) in [5.41, 5.74) is 2.62. The van der Waals surface area contributed by atoms with Crippen LogP contribution in [0.5, 0.6) is 0 Å². The number of ether oxygens (including phenoxy) is 1. The van der Waals surface area contributed by atoms with Crippen LogP contribution < -0.4 is 5.32 Å². The first-order valence-electron chi connectivity index (χ1n) is 9.51. The van der Waals surface area contributed by atoms with Gasteiger partial charge in [0, 0.05) is 57.8 Å². The van der Waals surface area contributed by atoms with Crippen molar-refractivity contribution in [1.82, 2.24) is 14.8 Å². The van der Waals surface area contributed by atoms with E-state index in [0.717, 1.165) is 58.8 Å². The molecule has 2 aromatic heterocycles. The minimum Gasteiger partial charge on any atom is -0.381 e. The number of thiophene rings is 1. The topological polar surface area (TPSA) is 46.5 Å². The highest BCUT2D eigenvalue weighted by atomic mass is 32.1. The van der Waals surface area contributed by atoms with Crippen LogP contribution in [0.2, 0.25) is 0 Å². The number of amides is 1. The highest BCUT2D eigenvalue weighted by molar-refractivity contribution is 7.07. The van der Waals surface area contributed by atoms with Crippen LogP contribution in [-0.4, -0.2) is 41.7 Å². The molecule has 4 heterocycles. The fourth-order valence-electron chi connectivity index (χ4n) is 3.94. The molecule has 140 valence electrons. The van der Waals surface area contributed by atoms with Gasteiger partial charge in [0.1, 0.15) is 0 Å². The second-order valence-electron chi connectivity index (χ2n) is 7.45. The van der Waals surface area contributed by atoms with E-state index >= 15 is 0 Å².